The molecule has 5 rings (SSSR count). The van der Waals surface area contributed by atoms with E-state index < -0.39 is 6.43 Å². The van der Waals surface area contributed by atoms with Gasteiger partial charge >= 0.3 is 0 Å². The van der Waals surface area contributed by atoms with Crippen molar-refractivity contribution in [2.24, 2.45) is 13.0 Å². The number of imidazole rings is 1. The number of rotatable bonds is 6. The molecule has 1 aliphatic heterocycles. The van der Waals surface area contributed by atoms with Crippen LogP contribution in [0.1, 0.15) is 46.2 Å². The van der Waals surface area contributed by atoms with Crippen LogP contribution in [-0.2, 0) is 20.0 Å². The third-order valence-corrected chi connectivity index (χ3v) is 7.20. The predicted octanol–water partition coefficient (Wildman–Crippen LogP) is 5.63. The lowest BCUT2D eigenvalue weighted by atomic mass is 9.91. The normalized spacial score (nSPS) is 15.6. The minimum Gasteiger partial charge on any atom is -0.334 e. The van der Waals surface area contributed by atoms with E-state index in [2.05, 4.69) is 19.6 Å². The number of benzene rings is 1. The van der Waals surface area contributed by atoms with Crippen molar-refractivity contribution >= 4 is 17.1 Å². The third-order valence-electron chi connectivity index (χ3n) is 6.18. The van der Waals surface area contributed by atoms with Gasteiger partial charge in [0.15, 0.2) is 5.78 Å². The van der Waals surface area contributed by atoms with Crippen molar-refractivity contribution in [1.82, 2.24) is 24.3 Å². The Morgan fingerprint density at radius 2 is 2.12 bits per heavy atom. The van der Waals surface area contributed by atoms with Gasteiger partial charge in [0.2, 0.25) is 0 Å². The lowest BCUT2D eigenvalue weighted by Crippen LogP contribution is -2.22. The topological polar surface area (TPSA) is 65.6 Å². The lowest BCUT2D eigenvalue weighted by Gasteiger charge is -2.22. The van der Waals surface area contributed by atoms with Gasteiger partial charge < -0.3 is 4.57 Å². The first-order chi connectivity index (χ1) is 16.3. The highest BCUT2D eigenvalue weighted by Gasteiger charge is 2.28. The number of hydrogen-bond acceptors (Lipinski definition) is 5. The highest BCUT2D eigenvalue weighted by molar-refractivity contribution is 7.15. The smallest absolute Gasteiger partial charge is 0.281 e. The van der Waals surface area contributed by atoms with Crippen molar-refractivity contribution in [2.45, 2.75) is 39.2 Å². The average molecular weight is 486 g/mol. The van der Waals surface area contributed by atoms with Crippen LogP contribution in [0.5, 0.6) is 0 Å². The number of aromatic nitrogens is 5. The Bertz CT molecular complexity index is 1370. The molecule has 6 nitrogen and oxygen atoms in total. The van der Waals surface area contributed by atoms with Crippen molar-refractivity contribution in [3.05, 3.63) is 64.6 Å². The number of aryl methyl sites for hydroxylation is 3. The summed E-state index contributed by atoms with van der Waals surface area (Å²) in [5, 5.41) is 4.58. The van der Waals surface area contributed by atoms with Crippen molar-refractivity contribution in [3.8, 4) is 21.8 Å². The first kappa shape index (κ1) is 22.5. The third kappa shape index (κ3) is 4.18. The van der Waals surface area contributed by atoms with Gasteiger partial charge in [-0.1, -0.05) is 12.1 Å². The van der Waals surface area contributed by atoms with Crippen molar-refractivity contribution < 1.29 is 18.0 Å². The lowest BCUT2D eigenvalue weighted by molar-refractivity contribution is 0.0945. The molecule has 3 aromatic heterocycles. The fourth-order valence-electron chi connectivity index (χ4n) is 4.46. The van der Waals surface area contributed by atoms with Gasteiger partial charge in [0.25, 0.3) is 6.43 Å². The monoisotopic (exact) mass is 485 g/mol. The Morgan fingerprint density at radius 3 is 2.85 bits per heavy atom. The van der Waals surface area contributed by atoms with Crippen LogP contribution in [-0.4, -0.2) is 30.1 Å². The van der Waals surface area contributed by atoms with E-state index in [9.17, 15) is 18.0 Å². The number of hydrogen-bond donors (Lipinski definition) is 0. The molecule has 0 amide bonds. The molecule has 10 heteroatoms. The summed E-state index contributed by atoms with van der Waals surface area (Å²) in [6.45, 7) is 2.32. The van der Waals surface area contributed by atoms with Crippen molar-refractivity contribution in [1.29, 1.82) is 0 Å². The predicted molar refractivity (Wildman–Crippen MR) is 122 cm³/mol. The van der Waals surface area contributed by atoms with Gasteiger partial charge in [-0.3, -0.25) is 9.48 Å². The number of alkyl halides is 2. The Hall–Kier alpha value is -3.27. The molecule has 0 saturated carbocycles. The molecule has 176 valence electrons. The second-order valence-corrected chi connectivity index (χ2v) is 9.73. The van der Waals surface area contributed by atoms with Crippen molar-refractivity contribution in [2.75, 3.05) is 0 Å². The van der Waals surface area contributed by atoms with Crippen LogP contribution < -0.4 is 0 Å². The highest BCUT2D eigenvalue weighted by Crippen LogP contribution is 2.35. The van der Waals surface area contributed by atoms with E-state index >= 15 is 0 Å². The molecular formula is C24H22F3N5OS. The molecule has 0 fully saturated rings. The Morgan fingerprint density at radius 1 is 1.29 bits per heavy atom. The summed E-state index contributed by atoms with van der Waals surface area (Å²) >= 11 is 1.14. The zero-order valence-electron chi connectivity index (χ0n) is 18.6. The van der Waals surface area contributed by atoms with E-state index in [4.69, 9.17) is 0 Å². The van der Waals surface area contributed by atoms with Crippen LogP contribution in [0.4, 0.5) is 13.2 Å². The number of fused-ring (bicyclic) bond motifs is 1. The Balaban J connectivity index is 1.35. The molecule has 1 unspecified atom stereocenters. The number of nitrogens with zero attached hydrogens (tertiary/aromatic N) is 5. The van der Waals surface area contributed by atoms with Gasteiger partial charge in [0.05, 0.1) is 17.5 Å². The molecule has 0 saturated heterocycles. The number of carbonyl (C=O) groups is 1. The summed E-state index contributed by atoms with van der Waals surface area (Å²) in [5.41, 5.74) is 2.04. The van der Waals surface area contributed by atoms with Crippen LogP contribution in [0.2, 0.25) is 0 Å². The number of thiazole rings is 1. The Kier molecular flexibility index (Phi) is 5.85. The second-order valence-electron chi connectivity index (χ2n) is 8.52. The molecule has 1 aliphatic rings. The van der Waals surface area contributed by atoms with Crippen LogP contribution in [0.15, 0.2) is 36.7 Å². The molecule has 0 spiro atoms. The van der Waals surface area contributed by atoms with Crippen LogP contribution >= 0.6 is 11.3 Å². The van der Waals surface area contributed by atoms with Gasteiger partial charge in [-0.05, 0) is 31.4 Å². The summed E-state index contributed by atoms with van der Waals surface area (Å²) in [4.78, 5) is 22.5. The zero-order valence-corrected chi connectivity index (χ0v) is 19.5. The molecule has 0 radical (unpaired) electrons. The van der Waals surface area contributed by atoms with E-state index in [1.54, 1.807) is 20.0 Å². The summed E-state index contributed by atoms with van der Waals surface area (Å²) in [5.74, 6) is 0.540. The number of halogens is 3. The first-order valence-electron chi connectivity index (χ1n) is 10.9. The second kappa shape index (κ2) is 8.83. The van der Waals surface area contributed by atoms with Gasteiger partial charge in [0.1, 0.15) is 28.0 Å². The average Bonchev–Trinajstić information content (AvgIpc) is 3.49. The maximum Gasteiger partial charge on any atom is 0.281 e. The van der Waals surface area contributed by atoms with E-state index in [1.807, 2.05) is 12.3 Å². The molecule has 1 aromatic carbocycles. The molecule has 0 bridgehead atoms. The fraction of sp³-hybridized carbons (Fsp3) is 0.333. The van der Waals surface area contributed by atoms with Gasteiger partial charge in [-0.25, -0.2) is 23.1 Å². The van der Waals surface area contributed by atoms with E-state index in [-0.39, 0.29) is 23.2 Å². The first-order valence-corrected chi connectivity index (χ1v) is 11.7. The summed E-state index contributed by atoms with van der Waals surface area (Å²) in [6, 6.07) is 6.33. The zero-order chi connectivity index (χ0) is 24.0. The summed E-state index contributed by atoms with van der Waals surface area (Å²) in [6.07, 6.45) is 2.49. The minimum atomic E-state index is -2.66. The molecule has 0 aliphatic carbocycles. The SMILES string of the molecule is Cc1sc(-c2cnn(C)c2C(=O)CC2CCn3cc(-c4cccc(F)c4)nc3C2)nc1C(F)F. The van der Waals surface area contributed by atoms with E-state index in [0.29, 0.717) is 39.7 Å². The highest BCUT2D eigenvalue weighted by atomic mass is 32.1. The number of Topliss-reactive ketones (excluding diaryl/α,β-unsaturated/α-hetero) is 1. The molecule has 4 heterocycles. The summed E-state index contributed by atoms with van der Waals surface area (Å²) < 4.78 is 43.6. The number of carbonyl (C=O) groups excluding carboxylic acids is 1. The fourth-order valence-corrected chi connectivity index (χ4v) is 5.40. The molecule has 1 atom stereocenters. The van der Waals surface area contributed by atoms with Crippen LogP contribution in [0.25, 0.3) is 21.8 Å². The van der Waals surface area contributed by atoms with E-state index in [0.717, 1.165) is 35.7 Å². The van der Waals surface area contributed by atoms with Crippen LogP contribution in [0, 0.1) is 18.7 Å². The van der Waals surface area contributed by atoms with Gasteiger partial charge in [-0.15, -0.1) is 11.3 Å². The van der Waals surface area contributed by atoms with Gasteiger partial charge in [-0.2, -0.15) is 5.10 Å². The van der Waals surface area contributed by atoms with E-state index in [1.165, 1.54) is 23.0 Å². The maximum absolute atomic E-state index is 13.6. The summed E-state index contributed by atoms with van der Waals surface area (Å²) in [7, 11) is 1.67. The van der Waals surface area contributed by atoms with Crippen molar-refractivity contribution in [3.63, 3.8) is 0 Å². The maximum atomic E-state index is 13.6. The van der Waals surface area contributed by atoms with Gasteiger partial charge in [0, 0.05) is 43.1 Å². The van der Waals surface area contributed by atoms with Crippen LogP contribution in [0.3, 0.4) is 0 Å². The minimum absolute atomic E-state index is 0.0835. The standard InChI is InChI=1S/C24H22F3N5OS/c1-13-21(23(26)27)30-24(34-13)17-11-28-31(2)22(17)19(33)8-14-6-7-32-12-18(29-20(32)9-14)15-4-3-5-16(25)10-15/h3-5,10-12,14,23H,6-9H2,1-2H3. The molecular weight excluding hydrogens is 463 g/mol. The largest absolute Gasteiger partial charge is 0.334 e. The Labute approximate surface area is 198 Å². The quantitative estimate of drug-likeness (QED) is 0.332. The molecule has 4 aromatic rings. The molecule has 0 N–H and O–H groups in total. The molecule has 34 heavy (non-hydrogen) atoms. The number of ketones is 1.